The summed E-state index contributed by atoms with van der Waals surface area (Å²) < 4.78 is 11.4. The quantitative estimate of drug-likeness (QED) is 0.257. The van der Waals surface area contributed by atoms with E-state index in [4.69, 9.17) is 14.7 Å². The first kappa shape index (κ1) is 27.1. The number of esters is 1. The van der Waals surface area contributed by atoms with Gasteiger partial charge >= 0.3 is 5.97 Å². The van der Waals surface area contributed by atoms with E-state index in [9.17, 15) is 9.59 Å². The average molecular weight is 541 g/mol. The van der Waals surface area contributed by atoms with Crippen molar-refractivity contribution in [3.8, 4) is 17.5 Å². The Kier molecular flexibility index (Phi) is 8.52. The van der Waals surface area contributed by atoms with Gasteiger partial charge in [0.25, 0.3) is 5.91 Å². The van der Waals surface area contributed by atoms with Gasteiger partial charge in [0.05, 0.1) is 30.2 Å². The molecular formula is C30H32N6O4. The van der Waals surface area contributed by atoms with Gasteiger partial charge in [0.15, 0.2) is 6.19 Å². The first-order valence-electron chi connectivity index (χ1n) is 13.6. The molecule has 2 aliphatic rings. The van der Waals surface area contributed by atoms with Crippen LogP contribution in [0.2, 0.25) is 0 Å². The molecule has 10 heteroatoms. The van der Waals surface area contributed by atoms with Crippen LogP contribution in [0.25, 0.3) is 11.3 Å². The summed E-state index contributed by atoms with van der Waals surface area (Å²) in [4.78, 5) is 37.7. The zero-order valence-corrected chi connectivity index (χ0v) is 22.5. The van der Waals surface area contributed by atoms with Crippen molar-refractivity contribution in [2.24, 2.45) is 0 Å². The highest BCUT2D eigenvalue weighted by Crippen LogP contribution is 2.30. The highest BCUT2D eigenvalue weighted by molar-refractivity contribution is 5.97. The van der Waals surface area contributed by atoms with Crippen LogP contribution in [0, 0.1) is 11.5 Å². The van der Waals surface area contributed by atoms with E-state index in [2.05, 4.69) is 20.2 Å². The van der Waals surface area contributed by atoms with E-state index < -0.39 is 0 Å². The number of hydrogen-bond acceptors (Lipinski definition) is 9. The van der Waals surface area contributed by atoms with Gasteiger partial charge in [-0.1, -0.05) is 18.6 Å². The van der Waals surface area contributed by atoms with Gasteiger partial charge in [0.2, 0.25) is 5.95 Å². The van der Waals surface area contributed by atoms with Crippen molar-refractivity contribution in [2.45, 2.75) is 38.2 Å². The van der Waals surface area contributed by atoms with Crippen molar-refractivity contribution in [3.63, 3.8) is 0 Å². The Labute approximate surface area is 233 Å². The van der Waals surface area contributed by atoms with Gasteiger partial charge in [0.1, 0.15) is 6.10 Å². The molecule has 1 N–H and O–H groups in total. The van der Waals surface area contributed by atoms with Crippen LogP contribution in [-0.4, -0.2) is 66.2 Å². The Hall–Kier alpha value is -4.49. The fraction of sp³-hybridized carbons (Fsp3) is 0.367. The molecule has 3 aromatic rings. The molecule has 10 nitrogen and oxygen atoms in total. The summed E-state index contributed by atoms with van der Waals surface area (Å²) in [5.74, 6) is -0.326. The van der Waals surface area contributed by atoms with Crippen molar-refractivity contribution in [3.05, 3.63) is 65.9 Å². The van der Waals surface area contributed by atoms with E-state index in [-0.39, 0.29) is 18.0 Å². The molecule has 1 amide bonds. The lowest BCUT2D eigenvalue weighted by molar-refractivity contribution is 0.0211. The lowest BCUT2D eigenvalue weighted by Crippen LogP contribution is -2.37. The maximum atomic E-state index is 13.4. The van der Waals surface area contributed by atoms with Gasteiger partial charge < -0.3 is 19.7 Å². The van der Waals surface area contributed by atoms with Crippen molar-refractivity contribution in [1.29, 1.82) is 5.26 Å². The number of anilines is 3. The lowest BCUT2D eigenvalue weighted by atomic mass is 9.98. The van der Waals surface area contributed by atoms with E-state index in [1.165, 1.54) is 13.5 Å². The van der Waals surface area contributed by atoms with Crippen molar-refractivity contribution < 1.29 is 19.1 Å². The first-order valence-corrected chi connectivity index (χ1v) is 13.6. The molecule has 1 saturated heterocycles. The summed E-state index contributed by atoms with van der Waals surface area (Å²) in [6.07, 6.45) is 8.57. The summed E-state index contributed by atoms with van der Waals surface area (Å²) in [5, 5.41) is 12.2. The van der Waals surface area contributed by atoms with Crippen LogP contribution in [-0.2, 0) is 9.47 Å². The van der Waals surface area contributed by atoms with E-state index in [0.29, 0.717) is 54.8 Å². The Morgan fingerprint density at radius 2 is 1.82 bits per heavy atom. The smallest absolute Gasteiger partial charge is 0.340 e. The number of hydrogen-bond donors (Lipinski definition) is 1. The molecule has 1 aromatic heterocycles. The molecular weight excluding hydrogens is 508 g/mol. The normalized spacial score (nSPS) is 15.7. The van der Waals surface area contributed by atoms with Crippen LogP contribution in [0.3, 0.4) is 0 Å². The maximum absolute atomic E-state index is 13.4. The highest BCUT2D eigenvalue weighted by atomic mass is 16.5. The second-order valence-corrected chi connectivity index (χ2v) is 9.93. The van der Waals surface area contributed by atoms with Gasteiger partial charge in [-0.3, -0.25) is 4.79 Å². The molecule has 1 saturated carbocycles. The molecule has 0 radical (unpaired) electrons. The molecule has 2 heterocycles. The maximum Gasteiger partial charge on any atom is 0.340 e. The number of rotatable bonds is 7. The number of nitrogens with zero attached hydrogens (tertiary/aromatic N) is 5. The topological polar surface area (TPSA) is 121 Å². The largest absolute Gasteiger partial charge is 0.459 e. The number of benzene rings is 2. The zero-order valence-electron chi connectivity index (χ0n) is 22.5. The SMILES string of the molecule is CN(C#N)C(=O)c1ccc(-c2ccnc(Nc3ccc(N4CCOCC4)c(C(=O)OC4CCCCC4)c3)n2)cc1. The molecule has 40 heavy (non-hydrogen) atoms. The molecule has 0 bridgehead atoms. The lowest BCUT2D eigenvalue weighted by Gasteiger charge is -2.31. The third kappa shape index (κ3) is 6.38. The Balaban J connectivity index is 1.36. The van der Waals surface area contributed by atoms with Crippen LogP contribution in [0.1, 0.15) is 52.8 Å². The van der Waals surface area contributed by atoms with E-state index in [1.54, 1.807) is 42.6 Å². The summed E-state index contributed by atoms with van der Waals surface area (Å²) in [6, 6.07) is 14.3. The Morgan fingerprint density at radius 3 is 2.55 bits per heavy atom. The summed E-state index contributed by atoms with van der Waals surface area (Å²) in [5.41, 5.74) is 3.88. The van der Waals surface area contributed by atoms with E-state index in [1.807, 2.05) is 18.3 Å². The third-order valence-corrected chi connectivity index (χ3v) is 7.19. The fourth-order valence-corrected chi connectivity index (χ4v) is 4.99. The van der Waals surface area contributed by atoms with E-state index in [0.717, 1.165) is 41.8 Å². The second kappa shape index (κ2) is 12.6. The van der Waals surface area contributed by atoms with Crippen LogP contribution in [0.15, 0.2) is 54.7 Å². The number of amides is 1. The van der Waals surface area contributed by atoms with Gasteiger partial charge in [-0.25, -0.2) is 19.7 Å². The zero-order chi connectivity index (χ0) is 27.9. The molecule has 0 atom stereocenters. The van der Waals surface area contributed by atoms with Crippen molar-refractivity contribution in [1.82, 2.24) is 14.9 Å². The van der Waals surface area contributed by atoms with Gasteiger partial charge in [-0.05, 0) is 62.1 Å². The molecule has 1 aliphatic heterocycles. The van der Waals surface area contributed by atoms with Crippen molar-refractivity contribution in [2.75, 3.05) is 43.6 Å². The molecule has 2 fully saturated rings. The van der Waals surface area contributed by atoms with Crippen LogP contribution in [0.5, 0.6) is 0 Å². The second-order valence-electron chi connectivity index (χ2n) is 9.93. The fourth-order valence-electron chi connectivity index (χ4n) is 4.99. The number of carbonyl (C=O) groups excluding carboxylic acids is 2. The van der Waals surface area contributed by atoms with Crippen molar-refractivity contribution >= 4 is 29.2 Å². The number of aromatic nitrogens is 2. The molecule has 0 unspecified atom stereocenters. The number of nitriles is 1. The molecule has 1 aliphatic carbocycles. The molecule has 2 aromatic carbocycles. The summed E-state index contributed by atoms with van der Waals surface area (Å²) in [7, 11) is 1.42. The molecule has 206 valence electrons. The predicted octanol–water partition coefficient (Wildman–Crippen LogP) is 4.77. The minimum Gasteiger partial charge on any atom is -0.459 e. The number of nitrogens with one attached hydrogen (secondary N) is 1. The number of morpholine rings is 1. The summed E-state index contributed by atoms with van der Waals surface area (Å²) in [6.45, 7) is 2.64. The molecule has 5 rings (SSSR count). The highest BCUT2D eigenvalue weighted by Gasteiger charge is 2.24. The average Bonchev–Trinajstić information content (AvgIpc) is 3.01. The van der Waals surface area contributed by atoms with Crippen LogP contribution in [0.4, 0.5) is 17.3 Å². The van der Waals surface area contributed by atoms with Gasteiger partial charge in [-0.15, -0.1) is 0 Å². The standard InChI is InChI=1S/C30H32N6O4/c1-35(20-31)28(37)22-9-7-21(8-10-22)26-13-14-32-30(34-26)33-23-11-12-27(36-15-17-39-18-16-36)25(19-23)29(38)40-24-5-3-2-4-6-24/h7-14,19,24H,2-6,15-18H2,1H3,(H,32,33,34). The van der Waals surface area contributed by atoms with Gasteiger partial charge in [0, 0.05) is 43.1 Å². The monoisotopic (exact) mass is 540 g/mol. The van der Waals surface area contributed by atoms with Crippen LogP contribution < -0.4 is 10.2 Å². The predicted molar refractivity (Wildman–Crippen MR) is 150 cm³/mol. The van der Waals surface area contributed by atoms with Crippen LogP contribution >= 0.6 is 0 Å². The molecule has 0 spiro atoms. The number of carbonyl (C=O) groups is 2. The van der Waals surface area contributed by atoms with E-state index >= 15 is 0 Å². The van der Waals surface area contributed by atoms with Gasteiger partial charge in [-0.2, -0.15) is 5.26 Å². The minimum atomic E-state index is -0.377. The Morgan fingerprint density at radius 1 is 1.07 bits per heavy atom. The minimum absolute atomic E-state index is 0.0441. The number of ether oxygens (including phenoxy) is 2. The first-order chi connectivity index (χ1) is 19.5. The summed E-state index contributed by atoms with van der Waals surface area (Å²) >= 11 is 0. The third-order valence-electron chi connectivity index (χ3n) is 7.19. The Bertz CT molecular complexity index is 1390.